The van der Waals surface area contributed by atoms with Crippen LogP contribution in [0.2, 0.25) is 0 Å². The first-order chi connectivity index (χ1) is 18.9. The minimum absolute atomic E-state index is 1.12. The molecule has 2 heteroatoms. The van der Waals surface area contributed by atoms with Crippen LogP contribution in [0.15, 0.2) is 146 Å². The molecule has 0 amide bonds. The molecule has 0 bridgehead atoms. The smallest absolute Gasteiger partial charge is 0.0722 e. The molecule has 0 atom stereocenters. The lowest BCUT2D eigenvalue weighted by molar-refractivity contribution is 0.886. The van der Waals surface area contributed by atoms with Crippen LogP contribution in [0.25, 0.3) is 54.1 Å². The highest BCUT2D eigenvalue weighted by Crippen LogP contribution is 2.41. The molecule has 0 saturated heterocycles. The number of nitrogens with zero attached hydrogens (tertiary/aromatic N) is 2. The van der Waals surface area contributed by atoms with Gasteiger partial charge in [-0.05, 0) is 68.7 Å². The van der Waals surface area contributed by atoms with Gasteiger partial charge >= 0.3 is 0 Å². The highest BCUT2D eigenvalue weighted by atomic mass is 15.6. The lowest BCUT2D eigenvalue weighted by Gasteiger charge is -2.28. The second kappa shape index (κ2) is 8.22. The minimum atomic E-state index is 1.12. The Morgan fingerprint density at radius 2 is 0.868 bits per heavy atom. The van der Waals surface area contributed by atoms with E-state index in [0.29, 0.717) is 0 Å². The third-order valence-electron chi connectivity index (χ3n) is 7.73. The van der Waals surface area contributed by atoms with E-state index in [2.05, 4.69) is 155 Å². The van der Waals surface area contributed by atoms with E-state index in [4.69, 9.17) is 0 Å². The van der Waals surface area contributed by atoms with E-state index in [0.717, 1.165) is 11.4 Å². The molecule has 0 unspecified atom stereocenters. The van der Waals surface area contributed by atoms with Gasteiger partial charge in [0.1, 0.15) is 0 Å². The summed E-state index contributed by atoms with van der Waals surface area (Å²) in [5.41, 5.74) is 4.60. The Morgan fingerprint density at radius 3 is 1.63 bits per heavy atom. The van der Waals surface area contributed by atoms with Crippen molar-refractivity contribution in [3.8, 4) is 0 Å². The second-order valence-electron chi connectivity index (χ2n) is 9.81. The van der Waals surface area contributed by atoms with Gasteiger partial charge < -0.3 is 0 Å². The summed E-state index contributed by atoms with van der Waals surface area (Å²) < 4.78 is 2.37. The van der Waals surface area contributed by atoms with Crippen LogP contribution in [0.3, 0.4) is 0 Å². The maximum Gasteiger partial charge on any atom is 0.0722 e. The molecule has 0 aliphatic heterocycles. The summed E-state index contributed by atoms with van der Waals surface area (Å²) in [7, 11) is 0. The van der Waals surface area contributed by atoms with Crippen molar-refractivity contribution in [3.63, 3.8) is 0 Å². The Hall–Kier alpha value is -5.08. The molecule has 7 aromatic carbocycles. The minimum Gasteiger partial charge on any atom is -0.249 e. The van der Waals surface area contributed by atoms with Gasteiger partial charge in [0, 0.05) is 10.8 Å². The van der Waals surface area contributed by atoms with Gasteiger partial charge in [-0.25, -0.2) is 9.69 Å². The number of aromatic nitrogens is 1. The fourth-order valence-electron chi connectivity index (χ4n) is 6.09. The van der Waals surface area contributed by atoms with Crippen molar-refractivity contribution in [1.29, 1.82) is 0 Å². The van der Waals surface area contributed by atoms with Crippen LogP contribution in [0.4, 0.5) is 11.4 Å². The van der Waals surface area contributed by atoms with Crippen molar-refractivity contribution in [1.82, 2.24) is 4.68 Å². The number of anilines is 2. The average molecular weight is 485 g/mol. The molecular formula is C36H24N2. The average Bonchev–Trinajstić information content (AvgIpc) is 3.32. The molecule has 0 fully saturated rings. The third kappa shape index (κ3) is 3.01. The highest BCUT2D eigenvalue weighted by Gasteiger charge is 2.20. The van der Waals surface area contributed by atoms with Gasteiger partial charge in [0.2, 0.25) is 0 Å². The van der Waals surface area contributed by atoms with E-state index >= 15 is 0 Å². The molecule has 2 nitrogen and oxygen atoms in total. The summed E-state index contributed by atoms with van der Waals surface area (Å²) in [6.07, 6.45) is 0. The van der Waals surface area contributed by atoms with E-state index in [9.17, 15) is 0 Å². The number of hydrogen-bond donors (Lipinski definition) is 0. The second-order valence-corrected chi connectivity index (χ2v) is 9.81. The van der Waals surface area contributed by atoms with Gasteiger partial charge in [0.25, 0.3) is 0 Å². The van der Waals surface area contributed by atoms with Crippen LogP contribution in [0.5, 0.6) is 0 Å². The molecule has 0 radical (unpaired) electrons. The van der Waals surface area contributed by atoms with Crippen molar-refractivity contribution in [3.05, 3.63) is 146 Å². The maximum atomic E-state index is 2.37. The first kappa shape index (κ1) is 21.0. The van der Waals surface area contributed by atoms with E-state index in [1.165, 1.54) is 54.1 Å². The van der Waals surface area contributed by atoms with Crippen LogP contribution in [0.1, 0.15) is 0 Å². The number of para-hydroxylation sites is 3. The molecule has 0 aliphatic rings. The van der Waals surface area contributed by atoms with Crippen LogP contribution in [0, 0.1) is 0 Å². The van der Waals surface area contributed by atoms with Crippen LogP contribution >= 0.6 is 0 Å². The predicted molar refractivity (Wildman–Crippen MR) is 162 cm³/mol. The summed E-state index contributed by atoms with van der Waals surface area (Å²) in [5.74, 6) is 0. The first-order valence-electron chi connectivity index (χ1n) is 13.1. The fraction of sp³-hybridized carbons (Fsp3) is 0. The van der Waals surface area contributed by atoms with Gasteiger partial charge in [-0.1, -0.05) is 109 Å². The molecular weight excluding hydrogens is 460 g/mol. The Labute approximate surface area is 220 Å². The molecule has 8 rings (SSSR count). The molecule has 1 aromatic heterocycles. The van der Waals surface area contributed by atoms with E-state index in [1.54, 1.807) is 0 Å². The third-order valence-corrected chi connectivity index (χ3v) is 7.73. The van der Waals surface area contributed by atoms with Crippen LogP contribution in [-0.4, -0.2) is 4.68 Å². The normalized spacial score (nSPS) is 11.7. The predicted octanol–water partition coefficient (Wildman–Crippen LogP) is 9.86. The summed E-state index contributed by atoms with van der Waals surface area (Å²) in [6.45, 7) is 0. The standard InChI is InChI=1S/C36H24N2/c1-3-12-26(13-4-1)37(27-14-5-2-6-15-27)38-34-18-10-9-17-33(34)36-32-22-21-29-28-16-8-7-11-25(28)19-20-30(29)31(32)23-24-35(36)38/h1-24H. The van der Waals surface area contributed by atoms with Gasteiger partial charge in [-0.3, -0.25) is 0 Å². The quantitative estimate of drug-likeness (QED) is 0.227. The van der Waals surface area contributed by atoms with Gasteiger partial charge in [-0.2, -0.15) is 0 Å². The molecule has 0 saturated carbocycles. The molecule has 0 spiro atoms. The topological polar surface area (TPSA) is 8.17 Å². The van der Waals surface area contributed by atoms with E-state index < -0.39 is 0 Å². The Morgan fingerprint density at radius 1 is 0.342 bits per heavy atom. The van der Waals surface area contributed by atoms with E-state index in [-0.39, 0.29) is 0 Å². The van der Waals surface area contributed by atoms with Crippen molar-refractivity contribution >= 4 is 65.5 Å². The molecule has 0 aliphatic carbocycles. The number of hydrogen-bond acceptors (Lipinski definition) is 1. The van der Waals surface area contributed by atoms with Gasteiger partial charge in [0.15, 0.2) is 0 Å². The number of fused-ring (bicyclic) bond motifs is 9. The SMILES string of the molecule is c1ccc(N(c2ccccc2)n2c3ccccc3c3c4ccc5c6ccccc6ccc5c4ccc32)cc1. The highest BCUT2D eigenvalue weighted by molar-refractivity contribution is 6.27. The maximum absolute atomic E-state index is 2.37. The Bertz CT molecular complexity index is 2080. The lowest BCUT2D eigenvalue weighted by atomic mass is 9.95. The summed E-state index contributed by atoms with van der Waals surface area (Å²) in [6, 6.07) is 52.4. The van der Waals surface area contributed by atoms with Gasteiger partial charge in [0.05, 0.1) is 22.4 Å². The van der Waals surface area contributed by atoms with Crippen molar-refractivity contribution < 1.29 is 0 Å². The lowest BCUT2D eigenvalue weighted by Crippen LogP contribution is -2.23. The molecule has 8 aromatic rings. The number of benzene rings is 7. The summed E-state index contributed by atoms with van der Waals surface area (Å²) >= 11 is 0. The fourth-order valence-corrected chi connectivity index (χ4v) is 6.09. The van der Waals surface area contributed by atoms with Gasteiger partial charge in [-0.15, -0.1) is 0 Å². The van der Waals surface area contributed by atoms with Crippen LogP contribution in [-0.2, 0) is 0 Å². The molecule has 38 heavy (non-hydrogen) atoms. The zero-order valence-electron chi connectivity index (χ0n) is 20.8. The zero-order chi connectivity index (χ0) is 25.1. The Kier molecular flexibility index (Phi) is 4.55. The number of rotatable bonds is 3. The zero-order valence-corrected chi connectivity index (χ0v) is 20.8. The van der Waals surface area contributed by atoms with Crippen LogP contribution < -0.4 is 5.01 Å². The van der Waals surface area contributed by atoms with Crippen molar-refractivity contribution in [2.24, 2.45) is 0 Å². The first-order valence-corrected chi connectivity index (χ1v) is 13.1. The molecule has 178 valence electrons. The molecule has 0 N–H and O–H groups in total. The monoisotopic (exact) mass is 484 g/mol. The summed E-state index contributed by atoms with van der Waals surface area (Å²) in [5, 5.41) is 12.6. The summed E-state index contributed by atoms with van der Waals surface area (Å²) in [4.78, 5) is 0. The molecule has 1 heterocycles. The Balaban J connectivity index is 1.51. The largest absolute Gasteiger partial charge is 0.249 e. The van der Waals surface area contributed by atoms with Crippen molar-refractivity contribution in [2.45, 2.75) is 0 Å². The van der Waals surface area contributed by atoms with E-state index in [1.807, 2.05) is 0 Å². The van der Waals surface area contributed by atoms with Crippen molar-refractivity contribution in [2.75, 3.05) is 5.01 Å².